The van der Waals surface area contributed by atoms with Crippen LogP contribution in [0.25, 0.3) is 0 Å². The van der Waals surface area contributed by atoms with Crippen LogP contribution in [0.5, 0.6) is 0 Å². The van der Waals surface area contributed by atoms with Crippen LogP contribution < -0.4 is 0 Å². The fourth-order valence-corrected chi connectivity index (χ4v) is 0.803. The average Bonchev–Trinajstić information content (AvgIpc) is 2.05. The largest absolute Gasteiger partial charge is 0.313 e. The summed E-state index contributed by atoms with van der Waals surface area (Å²) < 4.78 is 0. The van der Waals surface area contributed by atoms with E-state index >= 15 is 0 Å². The van der Waals surface area contributed by atoms with Gasteiger partial charge in [-0.25, -0.2) is 0 Å². The number of pyridine rings is 1. The standard InChI is InChI=1S/C7H7N3O2/c8-2-1-6-3-7(10(11)12)5-9-4-6/h2-5,8H,1H2. The van der Waals surface area contributed by atoms with E-state index in [1.807, 2.05) is 0 Å². The summed E-state index contributed by atoms with van der Waals surface area (Å²) in [5.41, 5.74) is 0.647. The van der Waals surface area contributed by atoms with E-state index in [9.17, 15) is 10.1 Å². The Labute approximate surface area is 68.7 Å². The summed E-state index contributed by atoms with van der Waals surface area (Å²) in [5, 5.41) is 17.1. The second-order valence-electron chi connectivity index (χ2n) is 2.22. The lowest BCUT2D eigenvalue weighted by Gasteiger charge is -1.93. The van der Waals surface area contributed by atoms with E-state index in [1.54, 1.807) is 0 Å². The molecule has 1 rings (SSSR count). The molecule has 0 radical (unpaired) electrons. The highest BCUT2D eigenvalue weighted by Crippen LogP contribution is 2.10. The predicted octanol–water partition coefficient (Wildman–Crippen LogP) is 1.18. The molecule has 62 valence electrons. The van der Waals surface area contributed by atoms with Crippen LogP contribution in [0, 0.1) is 15.5 Å². The molecule has 5 heteroatoms. The second-order valence-corrected chi connectivity index (χ2v) is 2.22. The van der Waals surface area contributed by atoms with E-state index in [0.717, 1.165) is 0 Å². The summed E-state index contributed by atoms with van der Waals surface area (Å²) in [6.45, 7) is 0. The smallest absolute Gasteiger partial charge is 0.287 e. The minimum atomic E-state index is -0.500. The molecule has 0 amide bonds. The van der Waals surface area contributed by atoms with Crippen molar-refractivity contribution < 1.29 is 4.92 Å². The second kappa shape index (κ2) is 3.56. The van der Waals surface area contributed by atoms with E-state index in [2.05, 4.69) is 4.98 Å². The van der Waals surface area contributed by atoms with E-state index < -0.39 is 4.92 Å². The third-order valence-electron chi connectivity index (χ3n) is 1.33. The van der Waals surface area contributed by atoms with E-state index in [4.69, 9.17) is 5.41 Å². The number of nitrogens with zero attached hydrogens (tertiary/aromatic N) is 2. The molecule has 0 aliphatic heterocycles. The third-order valence-corrected chi connectivity index (χ3v) is 1.33. The van der Waals surface area contributed by atoms with Gasteiger partial charge >= 0.3 is 0 Å². The zero-order valence-electron chi connectivity index (χ0n) is 6.23. The molecule has 1 aromatic rings. The van der Waals surface area contributed by atoms with Gasteiger partial charge in [-0.05, 0) is 11.8 Å². The first-order valence-corrected chi connectivity index (χ1v) is 3.31. The molecule has 0 aliphatic rings. The molecule has 0 fully saturated rings. The molecule has 0 aliphatic carbocycles. The molecule has 1 N–H and O–H groups in total. The lowest BCUT2D eigenvalue weighted by Crippen LogP contribution is -1.92. The third kappa shape index (κ3) is 1.85. The first kappa shape index (κ1) is 8.32. The molecular formula is C7H7N3O2. The minimum absolute atomic E-state index is 0.0330. The Kier molecular flexibility index (Phi) is 2.47. The summed E-state index contributed by atoms with van der Waals surface area (Å²) in [6, 6.07) is 1.41. The van der Waals surface area contributed by atoms with Crippen molar-refractivity contribution in [2.75, 3.05) is 0 Å². The van der Waals surface area contributed by atoms with Crippen LogP contribution >= 0.6 is 0 Å². The Balaban J connectivity index is 2.95. The molecule has 0 saturated carbocycles. The van der Waals surface area contributed by atoms with Gasteiger partial charge in [0.05, 0.1) is 4.92 Å². The van der Waals surface area contributed by atoms with Crippen molar-refractivity contribution in [3.63, 3.8) is 0 Å². The summed E-state index contributed by atoms with van der Waals surface area (Å²) >= 11 is 0. The van der Waals surface area contributed by atoms with Crippen LogP contribution in [-0.2, 0) is 6.42 Å². The predicted molar refractivity (Wildman–Crippen MR) is 43.4 cm³/mol. The lowest BCUT2D eigenvalue weighted by atomic mass is 10.2. The molecule has 0 spiro atoms. The van der Waals surface area contributed by atoms with Crippen molar-refractivity contribution >= 4 is 11.9 Å². The molecule has 0 bridgehead atoms. The number of nitro groups is 1. The van der Waals surface area contributed by atoms with Crippen molar-refractivity contribution in [3.05, 3.63) is 34.1 Å². The molecule has 1 aromatic heterocycles. The number of hydrogen-bond acceptors (Lipinski definition) is 4. The monoisotopic (exact) mass is 165 g/mol. The van der Waals surface area contributed by atoms with Crippen molar-refractivity contribution in [2.24, 2.45) is 0 Å². The molecule has 0 saturated heterocycles. The fraction of sp³-hybridized carbons (Fsp3) is 0.143. The van der Waals surface area contributed by atoms with Crippen LogP contribution in [0.4, 0.5) is 5.69 Å². The van der Waals surface area contributed by atoms with Crippen molar-refractivity contribution in [2.45, 2.75) is 6.42 Å². The minimum Gasteiger partial charge on any atom is -0.313 e. The van der Waals surface area contributed by atoms with Gasteiger partial charge in [-0.1, -0.05) is 0 Å². The van der Waals surface area contributed by atoms with Crippen molar-refractivity contribution in [1.29, 1.82) is 5.41 Å². The maximum absolute atomic E-state index is 10.3. The molecule has 5 nitrogen and oxygen atoms in total. The first-order chi connectivity index (χ1) is 5.74. The van der Waals surface area contributed by atoms with Crippen molar-refractivity contribution in [1.82, 2.24) is 4.98 Å². The molecule has 12 heavy (non-hydrogen) atoms. The Morgan fingerprint density at radius 1 is 1.67 bits per heavy atom. The maximum Gasteiger partial charge on any atom is 0.287 e. The van der Waals surface area contributed by atoms with Gasteiger partial charge in [0.1, 0.15) is 6.20 Å². The van der Waals surface area contributed by atoms with E-state index in [-0.39, 0.29) is 5.69 Å². The Morgan fingerprint density at radius 3 is 3.00 bits per heavy atom. The van der Waals surface area contributed by atoms with Gasteiger partial charge < -0.3 is 5.41 Å². The van der Waals surface area contributed by atoms with Gasteiger partial charge in [-0.2, -0.15) is 0 Å². The molecule has 0 unspecified atom stereocenters. The average molecular weight is 165 g/mol. The Bertz CT molecular complexity index is 311. The van der Waals surface area contributed by atoms with E-state index in [1.165, 1.54) is 24.7 Å². The van der Waals surface area contributed by atoms with Crippen LogP contribution in [0.1, 0.15) is 5.56 Å². The molecule has 0 atom stereocenters. The topological polar surface area (TPSA) is 79.9 Å². The highest BCUT2D eigenvalue weighted by Gasteiger charge is 2.05. The summed E-state index contributed by atoms with van der Waals surface area (Å²) in [4.78, 5) is 13.4. The SMILES string of the molecule is N=CCc1cncc([N+](=O)[O-])c1. The van der Waals surface area contributed by atoms with Gasteiger partial charge in [-0.15, -0.1) is 0 Å². The molecule has 0 aromatic carbocycles. The van der Waals surface area contributed by atoms with Crippen LogP contribution in [0.15, 0.2) is 18.5 Å². The van der Waals surface area contributed by atoms with Crippen LogP contribution in [0.2, 0.25) is 0 Å². The zero-order valence-corrected chi connectivity index (χ0v) is 6.23. The van der Waals surface area contributed by atoms with Gasteiger partial charge in [0.15, 0.2) is 0 Å². The van der Waals surface area contributed by atoms with Crippen LogP contribution in [0.3, 0.4) is 0 Å². The summed E-state index contributed by atoms with van der Waals surface area (Å²) in [7, 11) is 0. The maximum atomic E-state index is 10.3. The Hall–Kier alpha value is -1.78. The first-order valence-electron chi connectivity index (χ1n) is 3.31. The highest BCUT2D eigenvalue weighted by atomic mass is 16.6. The highest BCUT2D eigenvalue weighted by molar-refractivity contribution is 5.58. The number of aromatic nitrogens is 1. The quantitative estimate of drug-likeness (QED) is 0.415. The van der Waals surface area contributed by atoms with Gasteiger partial charge in [-0.3, -0.25) is 15.1 Å². The number of nitrogens with one attached hydrogen (secondary N) is 1. The number of hydrogen-bond donors (Lipinski definition) is 1. The summed E-state index contributed by atoms with van der Waals surface area (Å²) in [6.07, 6.45) is 4.26. The van der Waals surface area contributed by atoms with E-state index in [0.29, 0.717) is 12.0 Å². The normalized spacial score (nSPS) is 9.33. The van der Waals surface area contributed by atoms with Gasteiger partial charge in [0.2, 0.25) is 0 Å². The van der Waals surface area contributed by atoms with Gasteiger partial charge in [0, 0.05) is 18.7 Å². The van der Waals surface area contributed by atoms with Gasteiger partial charge in [0.25, 0.3) is 5.69 Å². The summed E-state index contributed by atoms with van der Waals surface area (Å²) in [5.74, 6) is 0. The molecule has 1 heterocycles. The lowest BCUT2D eigenvalue weighted by molar-refractivity contribution is -0.385. The molecular weight excluding hydrogens is 158 g/mol. The Morgan fingerprint density at radius 2 is 2.42 bits per heavy atom. The zero-order chi connectivity index (χ0) is 8.97. The van der Waals surface area contributed by atoms with Crippen LogP contribution in [-0.4, -0.2) is 16.1 Å². The number of rotatable bonds is 3. The fourth-order valence-electron chi connectivity index (χ4n) is 0.803. The van der Waals surface area contributed by atoms with Crippen molar-refractivity contribution in [3.8, 4) is 0 Å².